The maximum atomic E-state index is 4.43. The van der Waals surface area contributed by atoms with Gasteiger partial charge in [-0.2, -0.15) is 0 Å². The van der Waals surface area contributed by atoms with Crippen LogP contribution in [0.15, 0.2) is 60.9 Å². The van der Waals surface area contributed by atoms with Crippen LogP contribution in [0.2, 0.25) is 0 Å². The van der Waals surface area contributed by atoms with E-state index in [1.807, 2.05) is 24.5 Å². The van der Waals surface area contributed by atoms with E-state index in [2.05, 4.69) is 51.2 Å². The second-order valence-corrected chi connectivity index (χ2v) is 5.54. The molecule has 3 nitrogen and oxygen atoms in total. The summed E-state index contributed by atoms with van der Waals surface area (Å²) in [5, 5.41) is 8.59. The number of fused-ring (bicyclic) bond motifs is 1. The average Bonchev–Trinajstić information content (AvgIpc) is 3.04. The predicted octanol–water partition coefficient (Wildman–Crippen LogP) is 3.74. The first-order valence-electron chi connectivity index (χ1n) is 7.46. The van der Waals surface area contributed by atoms with Crippen LogP contribution in [0, 0.1) is 0 Å². The molecule has 3 aromatic rings. The van der Waals surface area contributed by atoms with E-state index in [1.54, 1.807) is 0 Å². The molecule has 0 N–H and O–H groups in total. The molecule has 1 atom stereocenters. The van der Waals surface area contributed by atoms with Crippen LogP contribution in [0.25, 0.3) is 5.69 Å². The summed E-state index contributed by atoms with van der Waals surface area (Å²) in [4.78, 5) is 0. The first-order valence-corrected chi connectivity index (χ1v) is 7.46. The molecule has 1 heterocycles. The van der Waals surface area contributed by atoms with Gasteiger partial charge < -0.3 is 0 Å². The SMILES string of the molecule is c1ccc(-n2cnnc2C2CCCc3ccccc32)cc1. The monoisotopic (exact) mass is 275 g/mol. The first-order chi connectivity index (χ1) is 10.4. The zero-order valence-corrected chi connectivity index (χ0v) is 11.8. The molecule has 0 saturated heterocycles. The molecule has 0 amide bonds. The number of nitrogens with zero attached hydrogens (tertiary/aromatic N) is 3. The Morgan fingerprint density at radius 2 is 1.76 bits per heavy atom. The van der Waals surface area contributed by atoms with E-state index in [1.165, 1.54) is 24.0 Å². The van der Waals surface area contributed by atoms with Gasteiger partial charge in [-0.1, -0.05) is 42.5 Å². The summed E-state index contributed by atoms with van der Waals surface area (Å²) in [6, 6.07) is 19.1. The van der Waals surface area contributed by atoms with Crippen molar-refractivity contribution in [2.24, 2.45) is 0 Å². The van der Waals surface area contributed by atoms with Gasteiger partial charge in [0.2, 0.25) is 0 Å². The highest BCUT2D eigenvalue weighted by Gasteiger charge is 2.25. The lowest BCUT2D eigenvalue weighted by molar-refractivity contribution is 0.582. The Kier molecular flexibility index (Phi) is 3.03. The lowest BCUT2D eigenvalue weighted by Gasteiger charge is -2.25. The summed E-state index contributed by atoms with van der Waals surface area (Å²) >= 11 is 0. The Morgan fingerprint density at radius 3 is 2.67 bits per heavy atom. The molecule has 1 aliphatic rings. The Morgan fingerprint density at radius 1 is 0.952 bits per heavy atom. The minimum Gasteiger partial charge on any atom is -0.285 e. The number of aryl methyl sites for hydroxylation is 1. The number of hydrogen-bond acceptors (Lipinski definition) is 2. The van der Waals surface area contributed by atoms with E-state index >= 15 is 0 Å². The Bertz CT molecular complexity index is 746. The van der Waals surface area contributed by atoms with Crippen molar-refractivity contribution in [2.75, 3.05) is 0 Å². The fraction of sp³-hybridized carbons (Fsp3) is 0.222. The van der Waals surface area contributed by atoms with E-state index in [0.717, 1.165) is 17.9 Å². The second kappa shape index (κ2) is 5.17. The van der Waals surface area contributed by atoms with Crippen LogP contribution >= 0.6 is 0 Å². The van der Waals surface area contributed by atoms with Gasteiger partial charge in [-0.25, -0.2) is 0 Å². The van der Waals surface area contributed by atoms with E-state index in [9.17, 15) is 0 Å². The molecule has 1 unspecified atom stereocenters. The third-order valence-electron chi connectivity index (χ3n) is 4.29. The molecule has 0 bridgehead atoms. The minimum absolute atomic E-state index is 0.345. The highest BCUT2D eigenvalue weighted by atomic mass is 15.3. The van der Waals surface area contributed by atoms with E-state index in [4.69, 9.17) is 0 Å². The van der Waals surface area contributed by atoms with Gasteiger partial charge in [0.25, 0.3) is 0 Å². The maximum absolute atomic E-state index is 4.43. The molecular formula is C18H17N3. The maximum Gasteiger partial charge on any atom is 0.144 e. The topological polar surface area (TPSA) is 30.7 Å². The largest absolute Gasteiger partial charge is 0.285 e. The van der Waals surface area contributed by atoms with Crippen molar-refractivity contribution >= 4 is 0 Å². The summed E-state index contributed by atoms with van der Waals surface area (Å²) in [6.07, 6.45) is 5.35. The van der Waals surface area contributed by atoms with Gasteiger partial charge in [0.05, 0.1) is 0 Å². The quantitative estimate of drug-likeness (QED) is 0.713. The molecular weight excluding hydrogens is 258 g/mol. The Balaban J connectivity index is 1.81. The van der Waals surface area contributed by atoms with Crippen molar-refractivity contribution < 1.29 is 0 Å². The zero-order chi connectivity index (χ0) is 14.1. The molecule has 21 heavy (non-hydrogen) atoms. The van der Waals surface area contributed by atoms with Gasteiger partial charge in [-0.15, -0.1) is 10.2 Å². The highest BCUT2D eigenvalue weighted by molar-refractivity contribution is 5.39. The van der Waals surface area contributed by atoms with Gasteiger partial charge in [0, 0.05) is 11.6 Å². The number of para-hydroxylation sites is 1. The number of benzene rings is 2. The molecule has 3 heteroatoms. The van der Waals surface area contributed by atoms with E-state index in [-0.39, 0.29) is 0 Å². The summed E-state index contributed by atoms with van der Waals surface area (Å²) < 4.78 is 2.12. The lowest BCUT2D eigenvalue weighted by Crippen LogP contribution is -2.15. The third-order valence-corrected chi connectivity index (χ3v) is 4.29. The van der Waals surface area contributed by atoms with Crippen molar-refractivity contribution in [3.05, 3.63) is 77.9 Å². The zero-order valence-electron chi connectivity index (χ0n) is 11.8. The van der Waals surface area contributed by atoms with E-state index in [0.29, 0.717) is 5.92 Å². The van der Waals surface area contributed by atoms with Crippen LogP contribution in [-0.4, -0.2) is 14.8 Å². The Hall–Kier alpha value is -2.42. The molecule has 4 rings (SSSR count). The van der Waals surface area contributed by atoms with Crippen LogP contribution in [0.5, 0.6) is 0 Å². The van der Waals surface area contributed by atoms with Crippen molar-refractivity contribution in [3.63, 3.8) is 0 Å². The molecule has 0 aliphatic heterocycles. The number of aromatic nitrogens is 3. The highest BCUT2D eigenvalue weighted by Crippen LogP contribution is 2.36. The van der Waals surface area contributed by atoms with Crippen LogP contribution in [-0.2, 0) is 6.42 Å². The molecule has 0 spiro atoms. The van der Waals surface area contributed by atoms with Crippen LogP contribution in [0.1, 0.15) is 35.7 Å². The molecule has 1 aromatic heterocycles. The molecule has 0 saturated carbocycles. The van der Waals surface area contributed by atoms with Crippen molar-refractivity contribution in [1.29, 1.82) is 0 Å². The molecule has 1 aliphatic carbocycles. The molecule has 0 fully saturated rings. The van der Waals surface area contributed by atoms with Gasteiger partial charge in [0.15, 0.2) is 0 Å². The number of hydrogen-bond donors (Lipinski definition) is 0. The van der Waals surface area contributed by atoms with Crippen LogP contribution in [0.4, 0.5) is 0 Å². The van der Waals surface area contributed by atoms with Crippen molar-refractivity contribution in [1.82, 2.24) is 14.8 Å². The summed E-state index contributed by atoms with van der Waals surface area (Å²) in [5.74, 6) is 1.39. The molecule has 2 aromatic carbocycles. The Labute approximate surface area is 124 Å². The predicted molar refractivity (Wildman–Crippen MR) is 82.6 cm³/mol. The summed E-state index contributed by atoms with van der Waals surface area (Å²) in [7, 11) is 0. The standard InChI is InChI=1S/C18H17N3/c1-2-9-15(10-3-1)21-13-19-20-18(21)17-12-6-8-14-7-4-5-11-16(14)17/h1-5,7,9-11,13,17H,6,8,12H2. The summed E-state index contributed by atoms with van der Waals surface area (Å²) in [6.45, 7) is 0. The van der Waals surface area contributed by atoms with Gasteiger partial charge in [-0.3, -0.25) is 4.57 Å². The fourth-order valence-electron chi connectivity index (χ4n) is 3.29. The molecule has 0 radical (unpaired) electrons. The first kappa shape index (κ1) is 12.3. The van der Waals surface area contributed by atoms with Gasteiger partial charge in [0.1, 0.15) is 12.2 Å². The number of rotatable bonds is 2. The minimum atomic E-state index is 0.345. The average molecular weight is 275 g/mol. The normalized spacial score (nSPS) is 17.4. The van der Waals surface area contributed by atoms with Gasteiger partial charge in [-0.05, 0) is 42.5 Å². The van der Waals surface area contributed by atoms with E-state index < -0.39 is 0 Å². The van der Waals surface area contributed by atoms with Crippen LogP contribution in [0.3, 0.4) is 0 Å². The summed E-state index contributed by atoms with van der Waals surface area (Å²) in [5.41, 5.74) is 3.99. The van der Waals surface area contributed by atoms with Crippen LogP contribution < -0.4 is 0 Å². The van der Waals surface area contributed by atoms with Gasteiger partial charge >= 0.3 is 0 Å². The fourth-order valence-corrected chi connectivity index (χ4v) is 3.29. The van der Waals surface area contributed by atoms with Crippen molar-refractivity contribution in [2.45, 2.75) is 25.2 Å². The lowest BCUT2D eigenvalue weighted by atomic mass is 9.82. The van der Waals surface area contributed by atoms with Crippen molar-refractivity contribution in [3.8, 4) is 5.69 Å². The second-order valence-electron chi connectivity index (χ2n) is 5.54. The third kappa shape index (κ3) is 2.15. The molecule has 104 valence electrons. The smallest absolute Gasteiger partial charge is 0.144 e.